The highest BCUT2D eigenvalue weighted by molar-refractivity contribution is 5.91. The number of nitrogens with one attached hydrogen (secondary N) is 2. The lowest BCUT2D eigenvalue weighted by Gasteiger charge is -2.17. The highest BCUT2D eigenvalue weighted by Crippen LogP contribution is 2.30. The molecule has 2 aromatic rings. The first-order valence-electron chi connectivity index (χ1n) is 7.15. The van der Waals surface area contributed by atoms with Crippen LogP contribution in [0.5, 0.6) is 0 Å². The van der Waals surface area contributed by atoms with Crippen LogP contribution < -0.4 is 10.6 Å². The number of carbonyl (C=O) groups excluding carboxylic acids is 1. The van der Waals surface area contributed by atoms with Gasteiger partial charge in [-0.15, -0.1) is 0 Å². The van der Waals surface area contributed by atoms with Crippen molar-refractivity contribution >= 4 is 11.7 Å². The Hall–Kier alpha value is -3.08. The smallest absolute Gasteiger partial charge is 0.331 e. The van der Waals surface area contributed by atoms with E-state index in [2.05, 4.69) is 10.6 Å². The van der Waals surface area contributed by atoms with Crippen LogP contribution in [0, 0.1) is 17.1 Å². The van der Waals surface area contributed by atoms with Crippen molar-refractivity contribution in [3.63, 3.8) is 0 Å². The normalized spacial score (nSPS) is 12.2. The quantitative estimate of drug-likeness (QED) is 0.794. The summed E-state index contributed by atoms with van der Waals surface area (Å²) in [4.78, 5) is 12.0. The van der Waals surface area contributed by atoms with Crippen LogP contribution in [0.3, 0.4) is 0 Å². The Morgan fingerprint density at radius 3 is 2.56 bits per heavy atom. The number of nitrogens with zero attached hydrogens (tertiary/aromatic N) is 1. The SMILES string of the molecule is CC(NC(=O)Nc1ccc(F)cc1C#N)c1cccc(C(F)(F)F)c1. The minimum atomic E-state index is -4.48. The van der Waals surface area contributed by atoms with E-state index in [1.165, 1.54) is 25.1 Å². The number of rotatable bonds is 3. The van der Waals surface area contributed by atoms with Gasteiger partial charge in [0.15, 0.2) is 0 Å². The number of benzene rings is 2. The van der Waals surface area contributed by atoms with E-state index in [9.17, 15) is 22.4 Å². The maximum Gasteiger partial charge on any atom is 0.416 e. The summed E-state index contributed by atoms with van der Waals surface area (Å²) in [7, 11) is 0. The molecule has 0 saturated heterocycles. The molecule has 2 N–H and O–H groups in total. The van der Waals surface area contributed by atoms with Crippen LogP contribution in [0.4, 0.5) is 28.0 Å². The van der Waals surface area contributed by atoms with Crippen molar-refractivity contribution in [2.75, 3.05) is 5.32 Å². The van der Waals surface area contributed by atoms with Crippen molar-refractivity contribution in [1.29, 1.82) is 5.26 Å². The molecule has 0 heterocycles. The molecule has 0 aromatic heterocycles. The summed E-state index contributed by atoms with van der Waals surface area (Å²) in [5, 5.41) is 13.8. The van der Waals surface area contributed by atoms with Gasteiger partial charge in [-0.3, -0.25) is 0 Å². The number of alkyl halides is 3. The zero-order valence-electron chi connectivity index (χ0n) is 13.0. The standard InChI is InChI=1S/C17H13F4N3O/c1-10(11-3-2-4-13(7-11)17(19,20)21)23-16(25)24-15-6-5-14(18)8-12(15)9-22/h2-8,10H,1H3,(H2,23,24,25). The molecular formula is C17H13F4N3O. The molecule has 0 aliphatic rings. The molecule has 0 aliphatic heterocycles. The number of halogens is 4. The highest BCUT2D eigenvalue weighted by atomic mass is 19.4. The first-order valence-corrected chi connectivity index (χ1v) is 7.15. The Bertz CT molecular complexity index is 827. The van der Waals surface area contributed by atoms with Crippen LogP contribution in [0.25, 0.3) is 0 Å². The van der Waals surface area contributed by atoms with Crippen molar-refractivity contribution in [3.8, 4) is 6.07 Å². The van der Waals surface area contributed by atoms with Crippen molar-refractivity contribution in [3.05, 3.63) is 65.0 Å². The van der Waals surface area contributed by atoms with E-state index in [1.807, 2.05) is 0 Å². The van der Waals surface area contributed by atoms with Crippen LogP contribution >= 0.6 is 0 Å². The fraction of sp³-hybridized carbons (Fsp3) is 0.176. The summed E-state index contributed by atoms with van der Waals surface area (Å²) in [6.45, 7) is 1.52. The highest BCUT2D eigenvalue weighted by Gasteiger charge is 2.30. The Morgan fingerprint density at radius 1 is 1.20 bits per heavy atom. The van der Waals surface area contributed by atoms with E-state index >= 15 is 0 Å². The van der Waals surface area contributed by atoms with Gasteiger partial charge in [-0.25, -0.2) is 9.18 Å². The van der Waals surface area contributed by atoms with Crippen molar-refractivity contribution in [2.24, 2.45) is 0 Å². The predicted octanol–water partition coefficient (Wildman–Crippen LogP) is 4.60. The van der Waals surface area contributed by atoms with E-state index in [0.29, 0.717) is 0 Å². The summed E-state index contributed by atoms with van der Waals surface area (Å²) < 4.78 is 51.3. The Balaban J connectivity index is 2.10. The second-order valence-electron chi connectivity index (χ2n) is 5.25. The lowest BCUT2D eigenvalue weighted by molar-refractivity contribution is -0.137. The molecule has 130 valence electrons. The van der Waals surface area contributed by atoms with E-state index in [0.717, 1.165) is 24.3 Å². The molecule has 0 radical (unpaired) electrons. The van der Waals surface area contributed by atoms with Gasteiger partial charge in [0.25, 0.3) is 0 Å². The maximum absolute atomic E-state index is 13.1. The molecule has 0 aliphatic carbocycles. The molecule has 8 heteroatoms. The zero-order chi connectivity index (χ0) is 18.6. The number of hydrogen-bond acceptors (Lipinski definition) is 2. The van der Waals surface area contributed by atoms with Crippen LogP contribution in [0.15, 0.2) is 42.5 Å². The van der Waals surface area contributed by atoms with Gasteiger partial charge in [0, 0.05) is 0 Å². The van der Waals surface area contributed by atoms with Crippen molar-refractivity contribution in [1.82, 2.24) is 5.32 Å². The molecule has 2 amide bonds. The van der Waals surface area contributed by atoms with Crippen molar-refractivity contribution < 1.29 is 22.4 Å². The monoisotopic (exact) mass is 351 g/mol. The average Bonchev–Trinajstić information content (AvgIpc) is 2.55. The number of amides is 2. The van der Waals surface area contributed by atoms with Crippen LogP contribution in [-0.4, -0.2) is 6.03 Å². The molecular weight excluding hydrogens is 338 g/mol. The predicted molar refractivity (Wildman–Crippen MR) is 83.1 cm³/mol. The number of urea groups is 1. The lowest BCUT2D eigenvalue weighted by atomic mass is 10.1. The Morgan fingerprint density at radius 2 is 1.92 bits per heavy atom. The van der Waals surface area contributed by atoms with Gasteiger partial charge < -0.3 is 10.6 Å². The molecule has 0 saturated carbocycles. The number of carbonyl (C=O) groups is 1. The number of nitriles is 1. The summed E-state index contributed by atoms with van der Waals surface area (Å²) >= 11 is 0. The summed E-state index contributed by atoms with van der Waals surface area (Å²) in [5.41, 5.74) is -0.520. The second kappa shape index (κ2) is 7.21. The molecule has 25 heavy (non-hydrogen) atoms. The maximum atomic E-state index is 13.1. The molecule has 2 rings (SSSR count). The molecule has 0 spiro atoms. The van der Waals surface area contributed by atoms with Gasteiger partial charge in [0.2, 0.25) is 0 Å². The van der Waals surface area contributed by atoms with Crippen LogP contribution in [-0.2, 0) is 6.18 Å². The zero-order valence-corrected chi connectivity index (χ0v) is 13.0. The summed E-state index contributed by atoms with van der Waals surface area (Å²) in [6, 6.07) is 8.16. The number of hydrogen-bond donors (Lipinski definition) is 2. The van der Waals surface area contributed by atoms with Gasteiger partial charge in [-0.05, 0) is 42.8 Å². The summed E-state index contributed by atoms with van der Waals surface area (Å²) in [5.74, 6) is -0.625. The summed E-state index contributed by atoms with van der Waals surface area (Å²) in [6.07, 6.45) is -4.48. The average molecular weight is 351 g/mol. The molecule has 0 fully saturated rings. The fourth-order valence-corrected chi connectivity index (χ4v) is 2.14. The van der Waals surface area contributed by atoms with Gasteiger partial charge >= 0.3 is 12.2 Å². The van der Waals surface area contributed by atoms with Gasteiger partial charge in [0.1, 0.15) is 11.9 Å². The molecule has 1 atom stereocenters. The minimum absolute atomic E-state index is 0.0677. The first kappa shape index (κ1) is 18.3. The van der Waals surface area contributed by atoms with E-state index in [-0.39, 0.29) is 16.8 Å². The van der Waals surface area contributed by atoms with Gasteiger partial charge in [0.05, 0.1) is 22.9 Å². The Kier molecular flexibility index (Phi) is 5.27. The molecule has 1 unspecified atom stereocenters. The molecule has 2 aromatic carbocycles. The third-order valence-electron chi connectivity index (χ3n) is 3.41. The third-order valence-corrected chi connectivity index (χ3v) is 3.41. The van der Waals surface area contributed by atoms with Crippen molar-refractivity contribution in [2.45, 2.75) is 19.1 Å². The van der Waals surface area contributed by atoms with Gasteiger partial charge in [-0.2, -0.15) is 18.4 Å². The van der Waals surface area contributed by atoms with Gasteiger partial charge in [-0.1, -0.05) is 12.1 Å². The molecule has 0 bridgehead atoms. The molecule has 4 nitrogen and oxygen atoms in total. The number of anilines is 1. The van der Waals surface area contributed by atoms with E-state index in [4.69, 9.17) is 5.26 Å². The topological polar surface area (TPSA) is 64.9 Å². The third kappa shape index (κ3) is 4.70. The Labute approximate surface area is 141 Å². The van der Waals surface area contributed by atoms with Crippen LogP contribution in [0.1, 0.15) is 29.7 Å². The van der Waals surface area contributed by atoms with E-state index in [1.54, 1.807) is 6.07 Å². The first-order chi connectivity index (χ1) is 11.7. The lowest BCUT2D eigenvalue weighted by Crippen LogP contribution is -2.31. The minimum Gasteiger partial charge on any atom is -0.331 e. The second-order valence-corrected chi connectivity index (χ2v) is 5.25. The van der Waals surface area contributed by atoms with E-state index < -0.39 is 29.6 Å². The fourth-order valence-electron chi connectivity index (χ4n) is 2.14. The van der Waals surface area contributed by atoms with Crippen LogP contribution in [0.2, 0.25) is 0 Å². The largest absolute Gasteiger partial charge is 0.416 e.